The molecule has 0 fully saturated rings. The van der Waals surface area contributed by atoms with Crippen molar-refractivity contribution in [3.05, 3.63) is 21.7 Å². The summed E-state index contributed by atoms with van der Waals surface area (Å²) in [5, 5.41) is 3.03. The molecule has 1 aromatic heterocycles. The Morgan fingerprint density at radius 3 is 3.00 bits per heavy atom. The van der Waals surface area contributed by atoms with Crippen LogP contribution < -0.4 is 5.32 Å². The number of nitrogens with one attached hydrogen (secondary N) is 1. The minimum Gasteiger partial charge on any atom is -0.454 e. The Balaban J connectivity index is 2.34. The molecule has 0 aliphatic carbocycles. The van der Waals surface area contributed by atoms with Gasteiger partial charge >= 0.3 is 0 Å². The second-order valence-corrected chi connectivity index (χ2v) is 3.08. The van der Waals surface area contributed by atoms with E-state index in [1.54, 1.807) is 0 Å². The normalized spacial score (nSPS) is 9.45. The number of hydrogen-bond donors (Lipinski definition) is 1. The van der Waals surface area contributed by atoms with Gasteiger partial charge in [0.05, 0.1) is 13.1 Å². The van der Waals surface area contributed by atoms with Crippen molar-refractivity contribution < 1.29 is 4.42 Å². The summed E-state index contributed by atoms with van der Waals surface area (Å²) in [6, 6.07) is 3.86. The molecule has 0 aromatic carbocycles. The maximum atomic E-state index is 5.29. The summed E-state index contributed by atoms with van der Waals surface area (Å²) in [5.41, 5.74) is 0. The van der Waals surface area contributed by atoms with E-state index in [0.29, 0.717) is 13.1 Å². The highest BCUT2D eigenvalue weighted by molar-refractivity contribution is 14.1. The molecule has 11 heavy (non-hydrogen) atoms. The van der Waals surface area contributed by atoms with Crippen LogP contribution >= 0.6 is 22.6 Å². The molecule has 0 saturated heterocycles. The lowest BCUT2D eigenvalue weighted by molar-refractivity contribution is 0.470. The molecular weight excluding hydrogens is 253 g/mol. The van der Waals surface area contributed by atoms with Gasteiger partial charge in [-0.2, -0.15) is 0 Å². The van der Waals surface area contributed by atoms with Crippen molar-refractivity contribution >= 4 is 22.6 Å². The minimum absolute atomic E-state index is 0.581. The monoisotopic (exact) mass is 261 g/mol. The molecule has 0 atom stereocenters. The van der Waals surface area contributed by atoms with Gasteiger partial charge in [-0.1, -0.05) is 5.92 Å². The molecule has 2 nitrogen and oxygen atoms in total. The molecule has 1 rings (SSSR count). The van der Waals surface area contributed by atoms with E-state index in [2.05, 4.69) is 33.8 Å². The van der Waals surface area contributed by atoms with E-state index in [0.717, 1.165) is 9.53 Å². The van der Waals surface area contributed by atoms with Crippen LogP contribution in [0.1, 0.15) is 5.76 Å². The third-order valence-electron chi connectivity index (χ3n) is 1.16. The van der Waals surface area contributed by atoms with Gasteiger partial charge in [-0.3, -0.25) is 5.32 Å². The summed E-state index contributed by atoms with van der Waals surface area (Å²) in [6.45, 7) is 1.28. The van der Waals surface area contributed by atoms with E-state index in [-0.39, 0.29) is 0 Å². The number of furan rings is 1. The molecule has 0 saturated carbocycles. The summed E-state index contributed by atoms with van der Waals surface area (Å²) in [7, 11) is 0. The van der Waals surface area contributed by atoms with Crippen LogP contribution in [0.3, 0.4) is 0 Å². The molecule has 1 N–H and O–H groups in total. The molecule has 0 amide bonds. The van der Waals surface area contributed by atoms with Crippen molar-refractivity contribution in [1.82, 2.24) is 5.32 Å². The van der Waals surface area contributed by atoms with Crippen molar-refractivity contribution in [2.75, 3.05) is 6.54 Å². The van der Waals surface area contributed by atoms with Gasteiger partial charge in [-0.25, -0.2) is 0 Å². The zero-order chi connectivity index (χ0) is 8.10. The van der Waals surface area contributed by atoms with Crippen LogP contribution in [0.15, 0.2) is 16.5 Å². The average molecular weight is 261 g/mol. The van der Waals surface area contributed by atoms with Gasteiger partial charge in [0.2, 0.25) is 0 Å². The van der Waals surface area contributed by atoms with Gasteiger partial charge < -0.3 is 4.42 Å². The van der Waals surface area contributed by atoms with Crippen LogP contribution in [0.4, 0.5) is 0 Å². The van der Waals surface area contributed by atoms with Crippen molar-refractivity contribution in [3.8, 4) is 12.3 Å². The van der Waals surface area contributed by atoms with E-state index in [1.807, 2.05) is 12.1 Å². The van der Waals surface area contributed by atoms with Crippen molar-refractivity contribution in [2.24, 2.45) is 0 Å². The second-order valence-electron chi connectivity index (χ2n) is 2.01. The van der Waals surface area contributed by atoms with Crippen LogP contribution in [0.25, 0.3) is 0 Å². The molecule has 1 aromatic rings. The van der Waals surface area contributed by atoms with Crippen LogP contribution in [0, 0.1) is 16.1 Å². The summed E-state index contributed by atoms with van der Waals surface area (Å²) >= 11 is 2.13. The Kier molecular flexibility index (Phi) is 3.46. The standard InChI is InChI=1S/C8H8INO/c1-2-5-10-6-7-3-4-8(9)11-7/h1,3-4,10H,5-6H2. The maximum absolute atomic E-state index is 5.29. The van der Waals surface area contributed by atoms with Gasteiger partial charge in [-0.05, 0) is 34.7 Å². The Hall–Kier alpha value is -0.470. The molecule has 58 valence electrons. The minimum atomic E-state index is 0.581. The fourth-order valence-corrected chi connectivity index (χ4v) is 1.17. The first-order valence-electron chi connectivity index (χ1n) is 3.21. The van der Waals surface area contributed by atoms with Crippen LogP contribution in [0.2, 0.25) is 0 Å². The van der Waals surface area contributed by atoms with E-state index < -0.39 is 0 Å². The number of halogens is 1. The number of rotatable bonds is 3. The van der Waals surface area contributed by atoms with Crippen LogP contribution in [-0.2, 0) is 6.54 Å². The largest absolute Gasteiger partial charge is 0.454 e. The highest BCUT2D eigenvalue weighted by Gasteiger charge is 1.96. The first-order chi connectivity index (χ1) is 5.33. The summed E-state index contributed by atoms with van der Waals surface area (Å²) in [4.78, 5) is 0. The highest BCUT2D eigenvalue weighted by Crippen LogP contribution is 2.09. The van der Waals surface area contributed by atoms with Gasteiger partial charge in [0.1, 0.15) is 5.76 Å². The summed E-state index contributed by atoms with van der Waals surface area (Å²) in [6.07, 6.45) is 5.05. The topological polar surface area (TPSA) is 25.2 Å². The lowest BCUT2D eigenvalue weighted by Crippen LogP contribution is -2.12. The Morgan fingerprint density at radius 2 is 2.45 bits per heavy atom. The SMILES string of the molecule is C#CCNCc1ccc(I)o1. The Bertz CT molecular complexity index is 261. The molecule has 3 heteroatoms. The smallest absolute Gasteiger partial charge is 0.164 e. The Morgan fingerprint density at radius 1 is 1.64 bits per heavy atom. The van der Waals surface area contributed by atoms with E-state index in [9.17, 15) is 0 Å². The number of hydrogen-bond acceptors (Lipinski definition) is 2. The Labute approximate surface area is 79.5 Å². The molecule has 0 radical (unpaired) electrons. The van der Waals surface area contributed by atoms with Crippen molar-refractivity contribution in [1.29, 1.82) is 0 Å². The van der Waals surface area contributed by atoms with Crippen LogP contribution in [0.5, 0.6) is 0 Å². The average Bonchev–Trinajstić information content (AvgIpc) is 2.37. The van der Waals surface area contributed by atoms with Crippen molar-refractivity contribution in [3.63, 3.8) is 0 Å². The third kappa shape index (κ3) is 2.95. The zero-order valence-corrected chi connectivity index (χ0v) is 8.09. The predicted octanol–water partition coefficient (Wildman–Crippen LogP) is 1.61. The third-order valence-corrected chi connectivity index (χ3v) is 1.73. The van der Waals surface area contributed by atoms with E-state index >= 15 is 0 Å². The first-order valence-corrected chi connectivity index (χ1v) is 4.29. The maximum Gasteiger partial charge on any atom is 0.164 e. The fourth-order valence-electron chi connectivity index (χ4n) is 0.705. The van der Waals surface area contributed by atoms with E-state index in [4.69, 9.17) is 10.8 Å². The van der Waals surface area contributed by atoms with Gasteiger partial charge in [-0.15, -0.1) is 6.42 Å². The predicted molar refractivity (Wildman–Crippen MR) is 52.0 cm³/mol. The van der Waals surface area contributed by atoms with Gasteiger partial charge in [0, 0.05) is 0 Å². The van der Waals surface area contributed by atoms with Crippen LogP contribution in [-0.4, -0.2) is 6.54 Å². The number of terminal acetylenes is 1. The highest BCUT2D eigenvalue weighted by atomic mass is 127. The molecule has 1 heterocycles. The summed E-state index contributed by atoms with van der Waals surface area (Å²) < 4.78 is 6.19. The zero-order valence-electron chi connectivity index (χ0n) is 5.93. The second kappa shape index (κ2) is 4.42. The molecule has 0 unspecified atom stereocenters. The summed E-state index contributed by atoms with van der Waals surface area (Å²) in [5.74, 6) is 3.41. The van der Waals surface area contributed by atoms with Crippen molar-refractivity contribution in [2.45, 2.75) is 6.54 Å². The molecule has 0 bridgehead atoms. The molecule has 0 spiro atoms. The van der Waals surface area contributed by atoms with Gasteiger partial charge in [0.15, 0.2) is 3.77 Å². The first kappa shape index (κ1) is 8.62. The fraction of sp³-hybridized carbons (Fsp3) is 0.250. The lowest BCUT2D eigenvalue weighted by Gasteiger charge is -1.94. The molecule has 0 aliphatic heterocycles. The molecular formula is C8H8INO. The lowest BCUT2D eigenvalue weighted by atomic mass is 10.4. The molecule has 0 aliphatic rings. The van der Waals surface area contributed by atoms with Gasteiger partial charge in [0.25, 0.3) is 0 Å². The van der Waals surface area contributed by atoms with E-state index in [1.165, 1.54) is 0 Å². The quantitative estimate of drug-likeness (QED) is 0.508.